The van der Waals surface area contributed by atoms with Crippen LogP contribution in [0.4, 0.5) is 0 Å². The highest BCUT2D eigenvalue weighted by Gasteiger charge is 2.13. The summed E-state index contributed by atoms with van der Waals surface area (Å²) in [6, 6.07) is 13.1. The summed E-state index contributed by atoms with van der Waals surface area (Å²) in [7, 11) is -4.57. The first-order chi connectivity index (χ1) is 17.4. The van der Waals surface area contributed by atoms with Gasteiger partial charge in [0.05, 0.1) is 0 Å². The van der Waals surface area contributed by atoms with Crippen LogP contribution < -0.4 is 8.92 Å². The van der Waals surface area contributed by atoms with Gasteiger partial charge in [-0.15, -0.1) is 0 Å². The Balaban J connectivity index is 2.03. The summed E-state index contributed by atoms with van der Waals surface area (Å²) in [4.78, 5) is 0. The fourth-order valence-corrected chi connectivity index (χ4v) is 4.84. The van der Waals surface area contributed by atoms with Crippen molar-refractivity contribution in [3.8, 4) is 17.2 Å². The van der Waals surface area contributed by atoms with E-state index in [1.807, 2.05) is 18.2 Å². The maximum atomic E-state index is 11.2. The van der Waals surface area contributed by atoms with E-state index in [2.05, 4.69) is 19.9 Å². The predicted octanol–water partition coefficient (Wildman–Crippen LogP) is 9.25. The van der Waals surface area contributed by atoms with Gasteiger partial charge in [0, 0.05) is 0 Å². The van der Waals surface area contributed by atoms with Gasteiger partial charge in [0.1, 0.15) is 17.2 Å². The summed E-state index contributed by atoms with van der Waals surface area (Å²) in [5.74, 6) is 1.64. The van der Waals surface area contributed by atoms with Crippen LogP contribution in [0.5, 0.6) is 17.2 Å². The molecule has 0 unspecified atom stereocenters. The van der Waals surface area contributed by atoms with E-state index in [0.717, 1.165) is 43.4 Å². The zero-order chi connectivity index (χ0) is 26.1. The van der Waals surface area contributed by atoms with Gasteiger partial charge in [-0.3, -0.25) is 4.55 Å². The van der Waals surface area contributed by atoms with Crippen molar-refractivity contribution in [2.45, 2.75) is 117 Å². The Morgan fingerprint density at radius 2 is 1.14 bits per heavy atom. The van der Waals surface area contributed by atoms with E-state index in [0.29, 0.717) is 5.75 Å². The minimum Gasteiger partial charge on any atom is -0.457 e. The standard InChI is InChI=1S/C30H46O5S/c1-3-5-7-9-11-13-15-19-26-20-17-18-22-29(26)34-30-24-23-28(35-36(31,32)33)25-27(30)21-16-14-12-10-8-6-4-2/h17-18,20,22-25H,3-16,19,21H2,1-2H3,(H,31,32,33). The van der Waals surface area contributed by atoms with Crippen LogP contribution in [0, 0.1) is 0 Å². The number of hydrogen-bond acceptors (Lipinski definition) is 4. The molecule has 36 heavy (non-hydrogen) atoms. The van der Waals surface area contributed by atoms with E-state index in [1.165, 1.54) is 82.3 Å². The van der Waals surface area contributed by atoms with Crippen molar-refractivity contribution >= 4 is 10.4 Å². The summed E-state index contributed by atoms with van der Waals surface area (Å²) in [5.41, 5.74) is 2.07. The molecule has 1 N–H and O–H groups in total. The van der Waals surface area contributed by atoms with E-state index < -0.39 is 10.4 Å². The molecule has 2 aromatic carbocycles. The van der Waals surface area contributed by atoms with Gasteiger partial charge in [0.2, 0.25) is 0 Å². The third-order valence-electron chi connectivity index (χ3n) is 6.53. The molecule has 0 aliphatic rings. The molecule has 202 valence electrons. The van der Waals surface area contributed by atoms with Crippen LogP contribution in [0.1, 0.15) is 115 Å². The molecule has 0 radical (unpaired) electrons. The quantitative estimate of drug-likeness (QED) is 0.140. The number of unbranched alkanes of at least 4 members (excludes halogenated alkanes) is 12. The van der Waals surface area contributed by atoms with Gasteiger partial charge in [0.15, 0.2) is 0 Å². The molecule has 0 heterocycles. The first-order valence-electron chi connectivity index (χ1n) is 14.0. The summed E-state index contributed by atoms with van der Waals surface area (Å²) < 4.78 is 42.6. The lowest BCUT2D eigenvalue weighted by atomic mass is 10.0. The van der Waals surface area contributed by atoms with Crippen molar-refractivity contribution < 1.29 is 21.9 Å². The fourth-order valence-electron chi connectivity index (χ4n) is 4.50. The van der Waals surface area contributed by atoms with Crippen LogP contribution in [0.3, 0.4) is 0 Å². The molecule has 0 aromatic heterocycles. The molecule has 0 bridgehead atoms. The van der Waals surface area contributed by atoms with Gasteiger partial charge < -0.3 is 8.92 Å². The van der Waals surface area contributed by atoms with Crippen LogP contribution in [0.2, 0.25) is 0 Å². The molecule has 0 atom stereocenters. The lowest BCUT2D eigenvalue weighted by Crippen LogP contribution is -2.07. The molecule has 2 aromatic rings. The van der Waals surface area contributed by atoms with Crippen molar-refractivity contribution in [1.29, 1.82) is 0 Å². The Kier molecular flexibility index (Phi) is 14.6. The third kappa shape index (κ3) is 12.8. The topological polar surface area (TPSA) is 72.8 Å². The predicted molar refractivity (Wildman–Crippen MR) is 149 cm³/mol. The molecule has 0 aliphatic heterocycles. The molecule has 0 saturated heterocycles. The van der Waals surface area contributed by atoms with Gasteiger partial charge in [0.25, 0.3) is 0 Å². The van der Waals surface area contributed by atoms with Gasteiger partial charge in [-0.1, -0.05) is 109 Å². The molecule has 0 amide bonds. The molecular formula is C30H46O5S. The largest absolute Gasteiger partial charge is 0.457 e. The summed E-state index contributed by atoms with van der Waals surface area (Å²) in [5, 5.41) is 0. The van der Waals surface area contributed by atoms with E-state index in [9.17, 15) is 8.42 Å². The lowest BCUT2D eigenvalue weighted by Gasteiger charge is -2.15. The SMILES string of the molecule is CCCCCCCCCc1ccccc1Oc1ccc(OS(=O)(=O)O)cc1CCCCCCCCC. The highest BCUT2D eigenvalue weighted by Crippen LogP contribution is 2.33. The Bertz CT molecular complexity index is 971. The monoisotopic (exact) mass is 518 g/mol. The Hall–Kier alpha value is -2.05. The van der Waals surface area contributed by atoms with Crippen molar-refractivity contribution in [2.24, 2.45) is 0 Å². The lowest BCUT2D eigenvalue weighted by molar-refractivity contribution is 0.386. The Morgan fingerprint density at radius 3 is 1.72 bits per heavy atom. The van der Waals surface area contributed by atoms with Crippen molar-refractivity contribution in [2.75, 3.05) is 0 Å². The van der Waals surface area contributed by atoms with Crippen LogP contribution in [-0.2, 0) is 23.2 Å². The molecule has 2 rings (SSSR count). The minimum atomic E-state index is -4.57. The third-order valence-corrected chi connectivity index (χ3v) is 6.93. The number of ether oxygens (including phenoxy) is 1. The van der Waals surface area contributed by atoms with Crippen LogP contribution >= 0.6 is 0 Å². The van der Waals surface area contributed by atoms with E-state index in [1.54, 1.807) is 12.1 Å². The van der Waals surface area contributed by atoms with Crippen molar-refractivity contribution in [3.05, 3.63) is 53.6 Å². The second-order valence-corrected chi connectivity index (χ2v) is 10.8. The zero-order valence-corrected chi connectivity index (χ0v) is 23.2. The maximum Gasteiger partial charge on any atom is 0.446 e. The smallest absolute Gasteiger partial charge is 0.446 e. The maximum absolute atomic E-state index is 11.2. The van der Waals surface area contributed by atoms with E-state index in [4.69, 9.17) is 13.5 Å². The second-order valence-electron chi connectivity index (χ2n) is 9.73. The zero-order valence-electron chi connectivity index (χ0n) is 22.3. The average molecular weight is 519 g/mol. The molecule has 0 aliphatic carbocycles. The average Bonchev–Trinajstić information content (AvgIpc) is 2.84. The van der Waals surface area contributed by atoms with Gasteiger partial charge in [-0.2, -0.15) is 8.42 Å². The Morgan fingerprint density at radius 1 is 0.639 bits per heavy atom. The molecule has 0 fully saturated rings. The first kappa shape index (κ1) is 30.2. The molecule has 0 spiro atoms. The van der Waals surface area contributed by atoms with Gasteiger partial charge in [-0.05, 0) is 61.1 Å². The van der Waals surface area contributed by atoms with E-state index >= 15 is 0 Å². The molecule has 6 heteroatoms. The number of para-hydroxylation sites is 1. The highest BCUT2D eigenvalue weighted by molar-refractivity contribution is 7.81. The van der Waals surface area contributed by atoms with Gasteiger partial charge >= 0.3 is 10.4 Å². The normalized spacial score (nSPS) is 11.5. The number of hydrogen-bond donors (Lipinski definition) is 1. The number of aryl methyl sites for hydroxylation is 2. The van der Waals surface area contributed by atoms with Crippen LogP contribution in [0.25, 0.3) is 0 Å². The van der Waals surface area contributed by atoms with Crippen LogP contribution in [0.15, 0.2) is 42.5 Å². The second kappa shape index (κ2) is 17.4. The fraction of sp³-hybridized carbons (Fsp3) is 0.600. The summed E-state index contributed by atoms with van der Waals surface area (Å²) in [6.07, 6.45) is 18.9. The number of rotatable bonds is 20. The van der Waals surface area contributed by atoms with Crippen LogP contribution in [-0.4, -0.2) is 13.0 Å². The van der Waals surface area contributed by atoms with E-state index in [-0.39, 0.29) is 5.75 Å². The van der Waals surface area contributed by atoms with Crippen molar-refractivity contribution in [1.82, 2.24) is 0 Å². The molecular weight excluding hydrogens is 472 g/mol. The highest BCUT2D eigenvalue weighted by atomic mass is 32.3. The summed E-state index contributed by atoms with van der Waals surface area (Å²) in [6.45, 7) is 4.46. The van der Waals surface area contributed by atoms with Crippen molar-refractivity contribution in [3.63, 3.8) is 0 Å². The molecule has 0 saturated carbocycles. The first-order valence-corrected chi connectivity index (χ1v) is 15.3. The van der Waals surface area contributed by atoms with Gasteiger partial charge in [-0.25, -0.2) is 0 Å². The minimum absolute atomic E-state index is 0.0964. The number of benzene rings is 2. The Labute approximate surface area is 219 Å². The summed E-state index contributed by atoms with van der Waals surface area (Å²) >= 11 is 0. The molecule has 5 nitrogen and oxygen atoms in total.